The Bertz CT molecular complexity index is 1110. The number of rotatable bonds is 8. The maximum atomic E-state index is 12.8. The fourth-order valence-corrected chi connectivity index (χ4v) is 2.98. The van der Waals surface area contributed by atoms with Gasteiger partial charge in [-0.1, -0.05) is 30.3 Å². The average Bonchev–Trinajstić information content (AvgIpc) is 2.83. The quantitative estimate of drug-likeness (QED) is 0.508. The third kappa shape index (κ3) is 5.66. The van der Waals surface area contributed by atoms with Gasteiger partial charge < -0.3 is 24.8 Å². The van der Waals surface area contributed by atoms with Crippen molar-refractivity contribution in [3.8, 4) is 17.2 Å². The van der Waals surface area contributed by atoms with Crippen LogP contribution in [0.4, 0.5) is 11.4 Å². The fourth-order valence-electron chi connectivity index (χ4n) is 2.98. The first-order chi connectivity index (χ1) is 15.5. The molecule has 0 spiro atoms. The van der Waals surface area contributed by atoms with E-state index in [1.807, 2.05) is 30.3 Å². The van der Waals surface area contributed by atoms with Crippen LogP contribution in [0.5, 0.6) is 17.2 Å². The van der Waals surface area contributed by atoms with Crippen LogP contribution in [-0.4, -0.2) is 33.1 Å². The molecule has 2 N–H and O–H groups in total. The minimum Gasteiger partial charge on any atom is -0.497 e. The first kappa shape index (κ1) is 22.4. The molecule has 0 aliphatic rings. The van der Waals surface area contributed by atoms with Gasteiger partial charge in [-0.3, -0.25) is 9.59 Å². The number of carbonyl (C=O) groups excluding carboxylic acids is 2. The molecule has 2 amide bonds. The molecule has 0 fully saturated rings. The van der Waals surface area contributed by atoms with Gasteiger partial charge in [0, 0.05) is 17.3 Å². The molecule has 0 unspecified atom stereocenters. The van der Waals surface area contributed by atoms with Crippen molar-refractivity contribution in [2.24, 2.45) is 0 Å². The van der Waals surface area contributed by atoms with E-state index in [0.29, 0.717) is 34.2 Å². The maximum absolute atomic E-state index is 12.8. The smallest absolute Gasteiger partial charge is 0.255 e. The summed E-state index contributed by atoms with van der Waals surface area (Å²) < 4.78 is 15.9. The molecule has 0 saturated carbocycles. The van der Waals surface area contributed by atoms with E-state index in [2.05, 4.69) is 10.6 Å². The van der Waals surface area contributed by atoms with Crippen molar-refractivity contribution in [3.05, 3.63) is 83.9 Å². The predicted molar refractivity (Wildman–Crippen MR) is 125 cm³/mol. The third-order valence-corrected chi connectivity index (χ3v) is 4.57. The van der Waals surface area contributed by atoms with Gasteiger partial charge in [-0.15, -0.1) is 0 Å². The van der Waals surface area contributed by atoms with E-state index in [4.69, 9.17) is 14.2 Å². The molecule has 7 heteroatoms. The number of methoxy groups -OCH3 is 3. The monoisotopic (exact) mass is 432 g/mol. The first-order valence-electron chi connectivity index (χ1n) is 9.79. The summed E-state index contributed by atoms with van der Waals surface area (Å²) in [5.74, 6) is 0.572. The lowest BCUT2D eigenvalue weighted by atomic mass is 10.1. The molecule has 0 aliphatic carbocycles. The Labute approximate surface area is 186 Å². The highest BCUT2D eigenvalue weighted by molar-refractivity contribution is 6.08. The molecule has 0 bridgehead atoms. The van der Waals surface area contributed by atoms with Crippen molar-refractivity contribution >= 4 is 29.3 Å². The van der Waals surface area contributed by atoms with Crippen molar-refractivity contribution in [3.63, 3.8) is 0 Å². The van der Waals surface area contributed by atoms with Gasteiger partial charge in [0.25, 0.3) is 5.91 Å². The van der Waals surface area contributed by atoms with Crippen LogP contribution in [0.3, 0.4) is 0 Å². The topological polar surface area (TPSA) is 85.9 Å². The first-order valence-corrected chi connectivity index (χ1v) is 9.79. The van der Waals surface area contributed by atoms with E-state index in [1.54, 1.807) is 43.5 Å². The van der Waals surface area contributed by atoms with Crippen LogP contribution in [0.15, 0.2) is 72.8 Å². The summed E-state index contributed by atoms with van der Waals surface area (Å²) in [4.78, 5) is 25.3. The lowest BCUT2D eigenvalue weighted by molar-refractivity contribution is -0.111. The summed E-state index contributed by atoms with van der Waals surface area (Å²) >= 11 is 0. The van der Waals surface area contributed by atoms with E-state index in [1.165, 1.54) is 26.4 Å². The molecule has 3 aromatic carbocycles. The SMILES string of the molecule is COc1ccc(NC(=O)c2cc(NC(=O)/C=C/c3ccccc3)c(OC)c(OC)c2)cc1. The Kier molecular flexibility index (Phi) is 7.48. The van der Waals surface area contributed by atoms with Crippen molar-refractivity contribution in [2.45, 2.75) is 0 Å². The number of carbonyl (C=O) groups is 2. The summed E-state index contributed by atoms with van der Waals surface area (Å²) in [7, 11) is 4.50. The van der Waals surface area contributed by atoms with Crippen molar-refractivity contribution < 1.29 is 23.8 Å². The maximum Gasteiger partial charge on any atom is 0.255 e. The summed E-state index contributed by atoms with van der Waals surface area (Å²) in [5.41, 5.74) is 2.09. The molecule has 0 saturated heterocycles. The van der Waals surface area contributed by atoms with Gasteiger partial charge in [-0.05, 0) is 48.0 Å². The molecule has 32 heavy (non-hydrogen) atoms. The predicted octanol–water partition coefficient (Wildman–Crippen LogP) is 4.62. The Morgan fingerprint density at radius 2 is 1.53 bits per heavy atom. The molecule has 0 aliphatic heterocycles. The number of benzene rings is 3. The number of hydrogen-bond acceptors (Lipinski definition) is 5. The highest BCUT2D eigenvalue weighted by atomic mass is 16.5. The molecule has 3 rings (SSSR count). The molecule has 164 valence electrons. The summed E-state index contributed by atoms with van der Waals surface area (Å²) in [6.45, 7) is 0. The van der Waals surface area contributed by atoms with Gasteiger partial charge in [0.1, 0.15) is 5.75 Å². The molecule has 0 aromatic heterocycles. The zero-order chi connectivity index (χ0) is 22.9. The second-order valence-electron chi connectivity index (χ2n) is 6.68. The van der Waals surface area contributed by atoms with Crippen LogP contribution in [0.2, 0.25) is 0 Å². The molecule has 7 nitrogen and oxygen atoms in total. The summed E-state index contributed by atoms with van der Waals surface area (Å²) in [6.07, 6.45) is 3.10. The number of amides is 2. The molecule has 0 heterocycles. The minimum absolute atomic E-state index is 0.292. The van der Waals surface area contributed by atoms with Crippen molar-refractivity contribution in [1.29, 1.82) is 0 Å². The van der Waals surface area contributed by atoms with E-state index >= 15 is 0 Å². The van der Waals surface area contributed by atoms with Crippen LogP contribution in [0, 0.1) is 0 Å². The van der Waals surface area contributed by atoms with Gasteiger partial charge in [-0.25, -0.2) is 0 Å². The van der Waals surface area contributed by atoms with Crippen LogP contribution < -0.4 is 24.8 Å². The molecular formula is C25H24N2O5. The van der Waals surface area contributed by atoms with Crippen molar-refractivity contribution in [1.82, 2.24) is 0 Å². The van der Waals surface area contributed by atoms with Gasteiger partial charge in [-0.2, -0.15) is 0 Å². The van der Waals surface area contributed by atoms with Crippen LogP contribution in [-0.2, 0) is 4.79 Å². The Balaban J connectivity index is 1.83. The van der Waals surface area contributed by atoms with Crippen LogP contribution >= 0.6 is 0 Å². The lowest BCUT2D eigenvalue weighted by Crippen LogP contribution is -2.15. The number of nitrogens with one attached hydrogen (secondary N) is 2. The molecule has 0 radical (unpaired) electrons. The zero-order valence-electron chi connectivity index (χ0n) is 18.0. The lowest BCUT2D eigenvalue weighted by Gasteiger charge is -2.15. The van der Waals surface area contributed by atoms with Gasteiger partial charge in [0.2, 0.25) is 5.91 Å². The molecule has 3 aromatic rings. The van der Waals surface area contributed by atoms with Crippen LogP contribution in [0.1, 0.15) is 15.9 Å². The van der Waals surface area contributed by atoms with Crippen molar-refractivity contribution in [2.75, 3.05) is 32.0 Å². The fraction of sp³-hybridized carbons (Fsp3) is 0.120. The Morgan fingerprint density at radius 3 is 2.16 bits per heavy atom. The largest absolute Gasteiger partial charge is 0.497 e. The zero-order valence-corrected chi connectivity index (χ0v) is 18.0. The average molecular weight is 432 g/mol. The highest BCUT2D eigenvalue weighted by Crippen LogP contribution is 2.37. The Morgan fingerprint density at radius 1 is 0.812 bits per heavy atom. The normalized spacial score (nSPS) is 10.5. The minimum atomic E-state index is -0.373. The third-order valence-electron chi connectivity index (χ3n) is 4.57. The second kappa shape index (κ2) is 10.7. The van der Waals surface area contributed by atoms with E-state index in [9.17, 15) is 9.59 Å². The number of anilines is 2. The van der Waals surface area contributed by atoms with E-state index in [-0.39, 0.29) is 11.8 Å². The second-order valence-corrected chi connectivity index (χ2v) is 6.68. The van der Waals surface area contributed by atoms with Gasteiger partial charge in [0.05, 0.1) is 27.0 Å². The standard InChI is InChI=1S/C25H24N2O5/c1-30-20-12-10-19(11-13-20)26-25(29)18-15-21(24(32-3)22(16-18)31-2)27-23(28)14-9-17-7-5-4-6-8-17/h4-16H,1-3H3,(H,26,29)(H,27,28)/b14-9+. The summed E-state index contributed by atoms with van der Waals surface area (Å²) in [5, 5.41) is 5.56. The Hall–Kier alpha value is -4.26. The summed E-state index contributed by atoms with van der Waals surface area (Å²) in [6, 6.07) is 19.5. The van der Waals surface area contributed by atoms with E-state index < -0.39 is 0 Å². The highest BCUT2D eigenvalue weighted by Gasteiger charge is 2.18. The van der Waals surface area contributed by atoms with E-state index in [0.717, 1.165) is 5.56 Å². The number of ether oxygens (including phenoxy) is 3. The number of hydrogen-bond donors (Lipinski definition) is 2. The molecule has 0 atom stereocenters. The van der Waals surface area contributed by atoms with Gasteiger partial charge >= 0.3 is 0 Å². The molecular weight excluding hydrogens is 408 g/mol. The van der Waals surface area contributed by atoms with Crippen LogP contribution in [0.25, 0.3) is 6.08 Å². The van der Waals surface area contributed by atoms with Gasteiger partial charge in [0.15, 0.2) is 11.5 Å².